The summed E-state index contributed by atoms with van der Waals surface area (Å²) in [7, 11) is 0. The molecule has 0 heterocycles. The predicted molar refractivity (Wildman–Crippen MR) is 444 cm³/mol. The van der Waals surface area contributed by atoms with Gasteiger partial charge in [0.25, 0.3) is 0 Å². The van der Waals surface area contributed by atoms with Gasteiger partial charge in [0.15, 0.2) is 0 Å². The van der Waals surface area contributed by atoms with Gasteiger partial charge in [-0.2, -0.15) is 0 Å². The summed E-state index contributed by atoms with van der Waals surface area (Å²) in [6.45, 7) is 59.0. The van der Waals surface area contributed by atoms with Crippen LogP contribution in [0, 0.1) is 0 Å². The van der Waals surface area contributed by atoms with Crippen LogP contribution in [0.5, 0.6) is 0 Å². The minimum absolute atomic E-state index is 0.356. The molecule has 0 bridgehead atoms. The molecule has 0 aliphatic carbocycles. The van der Waals surface area contributed by atoms with Crippen LogP contribution in [0.25, 0.3) is 0 Å². The number of ether oxygens (including phenoxy) is 10. The first-order chi connectivity index (χ1) is 57.2. The second-order valence-corrected chi connectivity index (χ2v) is 14.6. The molecule has 33 N–H and O–H groups in total. The Morgan fingerprint density at radius 3 is 0.184 bits per heavy atom. The highest BCUT2D eigenvalue weighted by Gasteiger charge is 1.89. The minimum atomic E-state index is -0.981. The van der Waals surface area contributed by atoms with Gasteiger partial charge in [-0.05, 0) is 69.2 Å². The number of carboxylic acids is 13. The van der Waals surface area contributed by atoms with Crippen LogP contribution in [0.15, 0.2) is 165 Å². The quantitative estimate of drug-likeness (QED) is 0.0499. The van der Waals surface area contributed by atoms with Gasteiger partial charge in [0.2, 0.25) is 0 Å². The molecule has 0 spiro atoms. The number of carboxylic acid groups (broad SMARTS) is 13. The Morgan fingerprint density at radius 2 is 0.184 bits per heavy atom. The largest absolute Gasteiger partial charge is 0.478 e. The standard InChI is InChI=1S/10C3H7NO2.13C3H4O2/c10*1-2-6-3(4)5;13*1-2-3(4)5/h10*2H2,1H3,(H2,4,5);13*2H,1H2,(H,4,5). The van der Waals surface area contributed by atoms with Crippen molar-refractivity contribution in [3.8, 4) is 0 Å². The lowest BCUT2D eigenvalue weighted by molar-refractivity contribution is -0.132. The molecule has 0 aromatic rings. The molecule has 724 valence electrons. The van der Waals surface area contributed by atoms with Crippen molar-refractivity contribution >= 4 is 139 Å². The van der Waals surface area contributed by atoms with E-state index in [-0.39, 0.29) is 0 Å². The molecule has 0 radical (unpaired) electrons. The Bertz CT molecular complexity index is 2350. The minimum Gasteiger partial charge on any atom is -0.478 e. The van der Waals surface area contributed by atoms with Gasteiger partial charge in [-0.1, -0.05) is 85.5 Å². The number of carbonyl (C=O) groups is 23. The molecule has 0 rings (SSSR count). The molecule has 10 amide bonds. The Morgan fingerprint density at radius 1 is 0.152 bits per heavy atom. The van der Waals surface area contributed by atoms with E-state index in [4.69, 9.17) is 66.4 Å². The van der Waals surface area contributed by atoms with Crippen molar-refractivity contribution in [1.82, 2.24) is 0 Å². The molecule has 0 aliphatic rings. The lowest BCUT2D eigenvalue weighted by Crippen LogP contribution is -2.11. The summed E-state index contributed by atoms with van der Waals surface area (Å²) in [5, 5.41) is 98.9. The van der Waals surface area contributed by atoms with Gasteiger partial charge in [-0.25, -0.2) is 110 Å². The molecular weight excluding hydrogens is 1700 g/mol. The summed E-state index contributed by atoms with van der Waals surface area (Å²) in [5.41, 5.74) is 45.4. The molecule has 0 unspecified atom stereocenters. The number of rotatable bonds is 23. The Kier molecular flexibility index (Phi) is 227. The van der Waals surface area contributed by atoms with Gasteiger partial charge >= 0.3 is 139 Å². The monoisotopic (exact) mass is 1830 g/mol. The van der Waals surface area contributed by atoms with E-state index in [1.54, 1.807) is 69.2 Å². The maximum Gasteiger partial charge on any atom is 0.404 e. The van der Waals surface area contributed by atoms with Crippen molar-refractivity contribution in [1.29, 1.82) is 0 Å². The van der Waals surface area contributed by atoms with Crippen LogP contribution in [-0.4, -0.2) is 271 Å². The lowest BCUT2D eigenvalue weighted by atomic mass is 10.7. The number of primary amides is 10. The highest BCUT2D eigenvalue weighted by Crippen LogP contribution is 1.73. The fourth-order valence-corrected chi connectivity index (χ4v) is 1.42. The molecule has 56 nitrogen and oxygen atoms in total. The van der Waals surface area contributed by atoms with Crippen LogP contribution in [-0.2, 0) is 110 Å². The zero-order chi connectivity index (χ0) is 106. The van der Waals surface area contributed by atoms with Gasteiger partial charge in [0.1, 0.15) is 0 Å². The van der Waals surface area contributed by atoms with Crippen LogP contribution in [0.2, 0.25) is 0 Å². The second kappa shape index (κ2) is 166. The zero-order valence-electron chi connectivity index (χ0n) is 70.3. The number of hydrogen-bond donors (Lipinski definition) is 23. The van der Waals surface area contributed by atoms with E-state index < -0.39 is 139 Å². The van der Waals surface area contributed by atoms with Gasteiger partial charge < -0.3 is 171 Å². The first kappa shape index (κ1) is 171. The van der Waals surface area contributed by atoms with E-state index in [1.165, 1.54) is 0 Å². The molecule has 0 aromatic heterocycles. The van der Waals surface area contributed by atoms with Gasteiger partial charge in [0, 0.05) is 79.0 Å². The summed E-state index contributed by atoms with van der Waals surface area (Å²) in [5.74, 6) is -12.8. The summed E-state index contributed by atoms with van der Waals surface area (Å²) in [6, 6.07) is 0. The van der Waals surface area contributed by atoms with Crippen LogP contribution in [0.1, 0.15) is 69.2 Å². The van der Waals surface area contributed by atoms with Crippen LogP contribution in [0.4, 0.5) is 47.9 Å². The number of aliphatic carboxylic acids is 13. The predicted octanol–water partition coefficient (Wildman–Crippen LogP) is 4.36. The summed E-state index contributed by atoms with van der Waals surface area (Å²) in [4.78, 5) is 216. The zero-order valence-corrected chi connectivity index (χ0v) is 70.3. The average Bonchev–Trinajstić information content (AvgIpc) is 1.21. The van der Waals surface area contributed by atoms with Crippen molar-refractivity contribution in [3.63, 3.8) is 0 Å². The first-order valence-electron chi connectivity index (χ1n) is 31.5. The topological polar surface area (TPSA) is 1010 Å². The van der Waals surface area contributed by atoms with Gasteiger partial charge in [0.05, 0.1) is 66.1 Å². The summed E-state index contributed by atoms with van der Waals surface area (Å²) in [6.07, 6.45) is 3.73. The van der Waals surface area contributed by atoms with E-state index in [0.717, 1.165) is 79.0 Å². The third-order valence-electron chi connectivity index (χ3n) is 5.14. The third kappa shape index (κ3) is 786. The van der Waals surface area contributed by atoms with Crippen molar-refractivity contribution in [2.45, 2.75) is 69.2 Å². The van der Waals surface area contributed by atoms with Gasteiger partial charge in [-0.3, -0.25) is 0 Å². The van der Waals surface area contributed by atoms with Crippen LogP contribution < -0.4 is 57.3 Å². The summed E-state index contributed by atoms with van der Waals surface area (Å²) >= 11 is 0. The van der Waals surface area contributed by atoms with E-state index in [0.29, 0.717) is 66.1 Å². The Balaban J connectivity index is -0.0000000415. The smallest absolute Gasteiger partial charge is 0.404 e. The van der Waals surface area contributed by atoms with Crippen molar-refractivity contribution in [2.75, 3.05) is 66.1 Å². The van der Waals surface area contributed by atoms with Crippen molar-refractivity contribution in [2.24, 2.45) is 57.3 Å². The third-order valence-corrected chi connectivity index (χ3v) is 5.14. The number of nitrogens with two attached hydrogens (primary N) is 10. The van der Waals surface area contributed by atoms with Crippen molar-refractivity contribution in [3.05, 3.63) is 165 Å². The molecule has 56 heteroatoms. The highest BCUT2D eigenvalue weighted by molar-refractivity contribution is 5.83. The summed E-state index contributed by atoms with van der Waals surface area (Å²) < 4.78 is 41.8. The molecular formula is C69H122N10O46. The van der Waals surface area contributed by atoms with E-state index in [9.17, 15) is 110 Å². The SMILES string of the molecule is C=CC(=O)O.C=CC(=O)O.C=CC(=O)O.C=CC(=O)O.C=CC(=O)O.C=CC(=O)O.C=CC(=O)O.C=CC(=O)O.C=CC(=O)O.C=CC(=O)O.C=CC(=O)O.C=CC(=O)O.C=CC(=O)O.CCOC(N)=O.CCOC(N)=O.CCOC(N)=O.CCOC(N)=O.CCOC(N)=O.CCOC(N)=O.CCOC(N)=O.CCOC(N)=O.CCOC(N)=O.CCOC(N)=O. The van der Waals surface area contributed by atoms with Gasteiger partial charge in [-0.15, -0.1) is 0 Å². The molecule has 0 atom stereocenters. The molecule has 0 saturated carbocycles. The lowest BCUT2D eigenvalue weighted by Gasteiger charge is -1.89. The first-order valence-corrected chi connectivity index (χ1v) is 31.5. The maximum absolute atomic E-state index is 9.60. The van der Waals surface area contributed by atoms with E-state index in [2.05, 4.69) is 190 Å². The average molecular weight is 1830 g/mol. The fourth-order valence-electron chi connectivity index (χ4n) is 1.42. The number of carbonyl (C=O) groups excluding carboxylic acids is 10. The van der Waals surface area contributed by atoms with Crippen LogP contribution in [0.3, 0.4) is 0 Å². The normalized spacial score (nSPS) is 6.93. The molecule has 125 heavy (non-hydrogen) atoms. The maximum atomic E-state index is 9.60. The fraction of sp³-hybridized carbons (Fsp3) is 0.290. The van der Waals surface area contributed by atoms with E-state index >= 15 is 0 Å². The van der Waals surface area contributed by atoms with Crippen molar-refractivity contribution < 1.29 is 224 Å². The Hall–Kier alpha value is -17.6. The number of amides is 10. The van der Waals surface area contributed by atoms with Crippen LogP contribution >= 0.6 is 0 Å². The second-order valence-electron chi connectivity index (χ2n) is 14.6. The molecule has 0 aliphatic heterocycles. The molecule has 0 aromatic carbocycles. The Labute approximate surface area is 717 Å². The molecule has 0 fully saturated rings. The van der Waals surface area contributed by atoms with E-state index in [1.807, 2.05) is 0 Å². The number of hydrogen-bond acceptors (Lipinski definition) is 33. The highest BCUT2D eigenvalue weighted by atomic mass is 16.6. The molecule has 0 saturated heterocycles.